The van der Waals surface area contributed by atoms with Crippen molar-refractivity contribution >= 4 is 28.5 Å². The smallest absolute Gasteiger partial charge is 0.317 e. The molecule has 2 aromatic carbocycles. The van der Waals surface area contributed by atoms with Gasteiger partial charge in [0.05, 0.1) is 17.6 Å². The number of rotatable bonds is 7. The molecule has 3 aromatic rings. The monoisotopic (exact) mass is 413 g/mol. The Balaban J connectivity index is 2.08. The van der Waals surface area contributed by atoms with Crippen LogP contribution in [-0.4, -0.2) is 21.1 Å². The summed E-state index contributed by atoms with van der Waals surface area (Å²) in [5.41, 5.74) is 0.495. The molecule has 0 radical (unpaired) electrons. The molecule has 1 amide bonds. The van der Waals surface area contributed by atoms with Gasteiger partial charge in [-0.2, -0.15) is 0 Å². The summed E-state index contributed by atoms with van der Waals surface area (Å²) < 4.78 is 2.64. The number of aromatic nitrogens is 2. The van der Waals surface area contributed by atoms with Crippen LogP contribution in [0.2, 0.25) is 5.02 Å². The molecule has 1 atom stereocenters. The fourth-order valence-electron chi connectivity index (χ4n) is 3.44. The maximum atomic E-state index is 12.9. The highest BCUT2D eigenvalue weighted by Crippen LogP contribution is 2.18. The highest BCUT2D eigenvalue weighted by molar-refractivity contribution is 6.31. The summed E-state index contributed by atoms with van der Waals surface area (Å²) in [6.07, 6.45) is 1.78. The van der Waals surface area contributed by atoms with Crippen molar-refractivity contribution in [2.75, 3.05) is 0 Å². The number of nitrogens with zero attached hydrogens (tertiary/aromatic N) is 2. The standard InChI is InChI=1S/C22H24ClN3O3/c1-3-7-15(2)24-20(27)14-26-19-12-17(23)10-11-18(19)25(21(28)22(26)29)13-16-8-5-4-6-9-16/h4-6,8-12,15H,3,7,13-14H2,1-2H3,(H,24,27)/t15-/m1/s1. The average Bonchev–Trinajstić information content (AvgIpc) is 2.69. The van der Waals surface area contributed by atoms with Gasteiger partial charge in [0.15, 0.2) is 0 Å². The van der Waals surface area contributed by atoms with Crippen LogP contribution in [0.3, 0.4) is 0 Å². The normalized spacial score (nSPS) is 12.1. The number of carbonyl (C=O) groups is 1. The lowest BCUT2D eigenvalue weighted by Crippen LogP contribution is -2.45. The first-order valence-electron chi connectivity index (χ1n) is 9.67. The number of hydrogen-bond donors (Lipinski definition) is 1. The predicted molar refractivity (Wildman–Crippen MR) is 116 cm³/mol. The lowest BCUT2D eigenvalue weighted by Gasteiger charge is -2.17. The highest BCUT2D eigenvalue weighted by atomic mass is 35.5. The summed E-state index contributed by atoms with van der Waals surface area (Å²) in [4.78, 5) is 38.2. The molecule has 7 heteroatoms. The first-order valence-corrected chi connectivity index (χ1v) is 10.0. The number of benzene rings is 2. The minimum absolute atomic E-state index is 0.00324. The van der Waals surface area contributed by atoms with Crippen molar-refractivity contribution in [3.05, 3.63) is 79.8 Å². The molecule has 6 nitrogen and oxygen atoms in total. The molecular formula is C22H24ClN3O3. The highest BCUT2D eigenvalue weighted by Gasteiger charge is 2.17. The molecule has 1 heterocycles. The van der Waals surface area contributed by atoms with E-state index in [0.717, 1.165) is 18.4 Å². The van der Waals surface area contributed by atoms with Crippen LogP contribution >= 0.6 is 11.6 Å². The Morgan fingerprint density at radius 1 is 1.03 bits per heavy atom. The average molecular weight is 414 g/mol. The van der Waals surface area contributed by atoms with Crippen molar-refractivity contribution in [3.8, 4) is 0 Å². The zero-order valence-electron chi connectivity index (χ0n) is 16.5. The second kappa shape index (κ2) is 9.09. The molecular weight excluding hydrogens is 390 g/mol. The van der Waals surface area contributed by atoms with Crippen molar-refractivity contribution in [3.63, 3.8) is 0 Å². The van der Waals surface area contributed by atoms with E-state index in [4.69, 9.17) is 11.6 Å². The summed E-state index contributed by atoms with van der Waals surface area (Å²) >= 11 is 6.15. The number of carbonyl (C=O) groups excluding carboxylic acids is 1. The van der Waals surface area contributed by atoms with Gasteiger partial charge in [-0.25, -0.2) is 0 Å². The van der Waals surface area contributed by atoms with E-state index in [1.807, 2.05) is 44.2 Å². The second-order valence-corrected chi connectivity index (χ2v) is 7.59. The van der Waals surface area contributed by atoms with Crippen molar-refractivity contribution < 1.29 is 4.79 Å². The Morgan fingerprint density at radius 2 is 1.72 bits per heavy atom. The van der Waals surface area contributed by atoms with Crippen LogP contribution in [0.1, 0.15) is 32.3 Å². The molecule has 0 aliphatic heterocycles. The number of amides is 1. The molecule has 0 saturated carbocycles. The van der Waals surface area contributed by atoms with E-state index < -0.39 is 11.1 Å². The lowest BCUT2D eigenvalue weighted by molar-refractivity contribution is -0.122. The van der Waals surface area contributed by atoms with E-state index >= 15 is 0 Å². The summed E-state index contributed by atoms with van der Waals surface area (Å²) in [6.45, 7) is 3.98. The van der Waals surface area contributed by atoms with Crippen LogP contribution in [0.25, 0.3) is 11.0 Å². The zero-order valence-corrected chi connectivity index (χ0v) is 17.3. The molecule has 1 aromatic heterocycles. The Kier molecular flexibility index (Phi) is 6.54. The van der Waals surface area contributed by atoms with E-state index in [2.05, 4.69) is 5.32 Å². The summed E-state index contributed by atoms with van der Waals surface area (Å²) in [5.74, 6) is -0.311. The maximum absolute atomic E-state index is 12.9. The van der Waals surface area contributed by atoms with Gasteiger partial charge in [0.2, 0.25) is 5.91 Å². The van der Waals surface area contributed by atoms with E-state index in [9.17, 15) is 14.4 Å². The third-order valence-corrected chi connectivity index (χ3v) is 5.04. The third-order valence-electron chi connectivity index (χ3n) is 4.81. The maximum Gasteiger partial charge on any atom is 0.317 e. The topological polar surface area (TPSA) is 73.1 Å². The second-order valence-electron chi connectivity index (χ2n) is 7.16. The zero-order chi connectivity index (χ0) is 21.0. The van der Waals surface area contributed by atoms with Gasteiger partial charge in [-0.1, -0.05) is 55.3 Å². The Labute approximate surface area is 173 Å². The first kappa shape index (κ1) is 20.9. The number of hydrogen-bond acceptors (Lipinski definition) is 3. The molecule has 1 N–H and O–H groups in total. The van der Waals surface area contributed by atoms with E-state index in [1.54, 1.807) is 18.2 Å². The van der Waals surface area contributed by atoms with Gasteiger partial charge in [-0.15, -0.1) is 0 Å². The first-order chi connectivity index (χ1) is 13.9. The number of halogens is 1. The molecule has 0 saturated heterocycles. The molecule has 0 aliphatic carbocycles. The number of fused-ring (bicyclic) bond motifs is 1. The van der Waals surface area contributed by atoms with Crippen LogP contribution in [0.15, 0.2) is 58.1 Å². The van der Waals surface area contributed by atoms with Crippen molar-refractivity contribution in [2.24, 2.45) is 0 Å². The largest absolute Gasteiger partial charge is 0.352 e. The Bertz CT molecular complexity index is 1140. The van der Waals surface area contributed by atoms with Gasteiger partial charge in [0, 0.05) is 11.1 Å². The molecule has 152 valence electrons. The van der Waals surface area contributed by atoms with E-state index in [1.165, 1.54) is 9.13 Å². The summed E-state index contributed by atoms with van der Waals surface area (Å²) in [6, 6.07) is 14.4. The quantitative estimate of drug-likeness (QED) is 0.604. The van der Waals surface area contributed by atoms with E-state index in [-0.39, 0.29) is 25.0 Å². The van der Waals surface area contributed by atoms with E-state index in [0.29, 0.717) is 16.1 Å². The van der Waals surface area contributed by atoms with Crippen LogP contribution in [0.5, 0.6) is 0 Å². The lowest BCUT2D eigenvalue weighted by atomic mass is 10.2. The molecule has 29 heavy (non-hydrogen) atoms. The molecule has 0 fully saturated rings. The van der Waals surface area contributed by atoms with Gasteiger partial charge in [-0.3, -0.25) is 23.5 Å². The van der Waals surface area contributed by atoms with Crippen molar-refractivity contribution in [1.82, 2.24) is 14.5 Å². The van der Waals surface area contributed by atoms with Crippen LogP contribution < -0.4 is 16.4 Å². The van der Waals surface area contributed by atoms with Crippen LogP contribution in [0, 0.1) is 0 Å². The molecule has 0 aliphatic rings. The third kappa shape index (κ3) is 4.77. The SMILES string of the molecule is CCC[C@@H](C)NC(=O)Cn1c(=O)c(=O)n(Cc2ccccc2)c2ccc(Cl)cc21. The summed E-state index contributed by atoms with van der Waals surface area (Å²) in [7, 11) is 0. The fourth-order valence-corrected chi connectivity index (χ4v) is 3.61. The van der Waals surface area contributed by atoms with Gasteiger partial charge >= 0.3 is 11.1 Å². The van der Waals surface area contributed by atoms with Crippen molar-refractivity contribution in [1.29, 1.82) is 0 Å². The minimum atomic E-state index is -0.742. The Hall–Kier alpha value is -2.86. The molecule has 0 bridgehead atoms. The molecule has 3 rings (SSSR count). The predicted octanol–water partition coefficient (Wildman–Crippen LogP) is 3.17. The molecule has 0 spiro atoms. The van der Waals surface area contributed by atoms with Crippen LogP contribution in [-0.2, 0) is 17.9 Å². The number of nitrogens with one attached hydrogen (secondary N) is 1. The minimum Gasteiger partial charge on any atom is -0.352 e. The van der Waals surface area contributed by atoms with Crippen molar-refractivity contribution in [2.45, 2.75) is 45.8 Å². The Morgan fingerprint density at radius 3 is 2.41 bits per heavy atom. The van der Waals surface area contributed by atoms with Gasteiger partial charge in [-0.05, 0) is 37.1 Å². The molecule has 0 unspecified atom stereocenters. The fraction of sp³-hybridized carbons (Fsp3) is 0.318. The van der Waals surface area contributed by atoms with Crippen LogP contribution in [0.4, 0.5) is 0 Å². The summed E-state index contributed by atoms with van der Waals surface area (Å²) in [5, 5.41) is 3.30. The van der Waals surface area contributed by atoms with Gasteiger partial charge in [0.1, 0.15) is 6.54 Å². The van der Waals surface area contributed by atoms with Gasteiger partial charge < -0.3 is 5.32 Å². The van der Waals surface area contributed by atoms with Gasteiger partial charge in [0.25, 0.3) is 0 Å².